The van der Waals surface area contributed by atoms with Crippen molar-refractivity contribution >= 4 is 0 Å². The Hall–Kier alpha value is -1.05. The molecule has 0 saturated carbocycles. The lowest BCUT2D eigenvalue weighted by atomic mass is 10.2. The third-order valence-corrected chi connectivity index (χ3v) is 2.34. The number of nitrogens with one attached hydrogen (secondary N) is 1. The maximum atomic E-state index is 13.2. The van der Waals surface area contributed by atoms with Gasteiger partial charge in [-0.2, -0.15) is 5.48 Å². The molecule has 0 amide bonds. The Balaban J connectivity index is 2.07. The first kappa shape index (κ1) is 16.0. The minimum Gasteiger partial charge on any atom is -0.389 e. The van der Waals surface area contributed by atoms with Gasteiger partial charge in [0.2, 0.25) is 0 Å². The summed E-state index contributed by atoms with van der Waals surface area (Å²) < 4.78 is 23.3. The Labute approximate surface area is 112 Å². The molecule has 1 unspecified atom stereocenters. The van der Waals surface area contributed by atoms with E-state index in [9.17, 15) is 9.50 Å². The fraction of sp³-hybridized carbons (Fsp3) is 0.538. The third-order valence-electron chi connectivity index (χ3n) is 2.34. The Kier molecular flexibility index (Phi) is 8.28. The predicted molar refractivity (Wildman–Crippen MR) is 67.9 cm³/mol. The zero-order valence-electron chi connectivity index (χ0n) is 11.0. The second-order valence-electron chi connectivity index (χ2n) is 3.95. The maximum absolute atomic E-state index is 13.2. The summed E-state index contributed by atoms with van der Waals surface area (Å²) in [7, 11) is 1.58. The van der Waals surface area contributed by atoms with Crippen molar-refractivity contribution in [1.29, 1.82) is 0 Å². The van der Waals surface area contributed by atoms with E-state index in [0.29, 0.717) is 18.8 Å². The normalized spacial score (nSPS) is 12.6. The number of benzene rings is 1. The van der Waals surface area contributed by atoms with Gasteiger partial charge in [-0.15, -0.1) is 0 Å². The molecule has 0 aliphatic carbocycles. The number of methoxy groups -OCH3 is 1. The number of aliphatic hydroxyl groups excluding tert-OH is 1. The van der Waals surface area contributed by atoms with Gasteiger partial charge in [-0.05, 0) is 6.07 Å². The summed E-state index contributed by atoms with van der Waals surface area (Å²) in [5, 5.41) is 9.56. The summed E-state index contributed by atoms with van der Waals surface area (Å²) in [5.74, 6) is -0.307. The van der Waals surface area contributed by atoms with E-state index in [1.807, 2.05) is 0 Å². The fourth-order valence-corrected chi connectivity index (χ4v) is 1.33. The van der Waals surface area contributed by atoms with E-state index in [-0.39, 0.29) is 25.6 Å². The molecule has 1 aromatic carbocycles. The molecule has 0 saturated heterocycles. The molecule has 1 aromatic rings. The zero-order valence-corrected chi connectivity index (χ0v) is 11.0. The summed E-state index contributed by atoms with van der Waals surface area (Å²) in [6.07, 6.45) is -0.714. The molecule has 0 bridgehead atoms. The topological polar surface area (TPSA) is 60.0 Å². The largest absolute Gasteiger partial charge is 0.389 e. The monoisotopic (exact) mass is 273 g/mol. The molecule has 1 rings (SSSR count). The van der Waals surface area contributed by atoms with Gasteiger partial charge < -0.3 is 14.6 Å². The molecule has 2 N–H and O–H groups in total. The van der Waals surface area contributed by atoms with E-state index < -0.39 is 6.10 Å². The van der Waals surface area contributed by atoms with Crippen molar-refractivity contribution in [2.75, 3.05) is 33.5 Å². The van der Waals surface area contributed by atoms with Gasteiger partial charge in [-0.25, -0.2) is 4.39 Å². The average Bonchev–Trinajstić information content (AvgIpc) is 2.41. The molecule has 0 heterocycles. The van der Waals surface area contributed by atoms with Crippen LogP contribution in [0.1, 0.15) is 5.56 Å². The highest BCUT2D eigenvalue weighted by Gasteiger charge is 2.06. The van der Waals surface area contributed by atoms with Crippen molar-refractivity contribution in [2.24, 2.45) is 0 Å². The Morgan fingerprint density at radius 1 is 1.32 bits per heavy atom. The van der Waals surface area contributed by atoms with Gasteiger partial charge in [-0.3, -0.25) is 4.84 Å². The molecule has 5 nitrogen and oxygen atoms in total. The van der Waals surface area contributed by atoms with Crippen molar-refractivity contribution in [3.8, 4) is 0 Å². The van der Waals surface area contributed by atoms with Gasteiger partial charge in [0, 0.05) is 19.2 Å². The molecule has 6 heteroatoms. The van der Waals surface area contributed by atoms with Gasteiger partial charge in [0.25, 0.3) is 0 Å². The molecule has 0 fully saturated rings. The molecule has 0 aliphatic heterocycles. The number of hydroxylamine groups is 1. The second-order valence-corrected chi connectivity index (χ2v) is 3.95. The number of hydrogen-bond acceptors (Lipinski definition) is 5. The SMILES string of the molecule is COCCONCC(O)COCc1ccccc1F. The molecule has 0 radical (unpaired) electrons. The highest BCUT2D eigenvalue weighted by atomic mass is 19.1. The van der Waals surface area contributed by atoms with Crippen LogP contribution in [-0.4, -0.2) is 44.7 Å². The van der Waals surface area contributed by atoms with Crippen LogP contribution in [0.15, 0.2) is 24.3 Å². The van der Waals surface area contributed by atoms with Gasteiger partial charge in [0.15, 0.2) is 0 Å². The van der Waals surface area contributed by atoms with Crippen LogP contribution in [0.25, 0.3) is 0 Å². The van der Waals surface area contributed by atoms with Gasteiger partial charge >= 0.3 is 0 Å². The number of halogens is 1. The van der Waals surface area contributed by atoms with E-state index in [4.69, 9.17) is 14.3 Å². The molecule has 0 aliphatic rings. The summed E-state index contributed by atoms with van der Waals surface area (Å²) in [5.41, 5.74) is 3.07. The van der Waals surface area contributed by atoms with Crippen molar-refractivity contribution in [1.82, 2.24) is 5.48 Å². The van der Waals surface area contributed by atoms with E-state index in [2.05, 4.69) is 5.48 Å². The van der Waals surface area contributed by atoms with Crippen LogP contribution >= 0.6 is 0 Å². The lowest BCUT2D eigenvalue weighted by molar-refractivity contribution is -0.0313. The lowest BCUT2D eigenvalue weighted by Gasteiger charge is -2.12. The standard InChI is InChI=1S/C13H20FNO4/c1-17-6-7-19-15-8-12(16)10-18-9-11-4-2-3-5-13(11)14/h2-5,12,15-16H,6-10H2,1H3. The van der Waals surface area contributed by atoms with E-state index >= 15 is 0 Å². The molecule has 0 aromatic heterocycles. The number of hydrogen-bond donors (Lipinski definition) is 2. The molecular weight excluding hydrogens is 253 g/mol. The van der Waals surface area contributed by atoms with Crippen LogP contribution in [0.2, 0.25) is 0 Å². The summed E-state index contributed by atoms with van der Waals surface area (Å²) in [6.45, 7) is 1.36. The molecular formula is C13H20FNO4. The van der Waals surface area contributed by atoms with Crippen LogP contribution in [0.4, 0.5) is 4.39 Å². The fourth-order valence-electron chi connectivity index (χ4n) is 1.33. The maximum Gasteiger partial charge on any atom is 0.128 e. The van der Waals surface area contributed by atoms with E-state index in [1.165, 1.54) is 6.07 Å². The van der Waals surface area contributed by atoms with Crippen LogP contribution in [0.5, 0.6) is 0 Å². The summed E-state index contributed by atoms with van der Waals surface area (Å²) in [4.78, 5) is 4.98. The first-order valence-corrected chi connectivity index (χ1v) is 6.07. The first-order chi connectivity index (χ1) is 9.24. The Morgan fingerprint density at radius 3 is 2.84 bits per heavy atom. The van der Waals surface area contributed by atoms with Crippen LogP contribution < -0.4 is 5.48 Å². The van der Waals surface area contributed by atoms with Crippen molar-refractivity contribution < 1.29 is 23.8 Å². The molecule has 19 heavy (non-hydrogen) atoms. The second kappa shape index (κ2) is 9.82. The van der Waals surface area contributed by atoms with Crippen LogP contribution in [0, 0.1) is 5.82 Å². The number of ether oxygens (including phenoxy) is 2. The first-order valence-electron chi connectivity index (χ1n) is 6.07. The third kappa shape index (κ3) is 7.19. The summed E-state index contributed by atoms with van der Waals surface area (Å²) in [6, 6.07) is 6.38. The minimum absolute atomic E-state index is 0.106. The lowest BCUT2D eigenvalue weighted by Crippen LogP contribution is -2.31. The molecule has 1 atom stereocenters. The smallest absolute Gasteiger partial charge is 0.128 e. The van der Waals surface area contributed by atoms with Crippen molar-refractivity contribution in [3.05, 3.63) is 35.6 Å². The average molecular weight is 273 g/mol. The Bertz CT molecular complexity index is 351. The van der Waals surface area contributed by atoms with Gasteiger partial charge in [-0.1, -0.05) is 18.2 Å². The van der Waals surface area contributed by atoms with Crippen molar-refractivity contribution in [3.63, 3.8) is 0 Å². The number of rotatable bonds is 10. The van der Waals surface area contributed by atoms with Crippen LogP contribution in [-0.2, 0) is 20.9 Å². The quantitative estimate of drug-likeness (QED) is 0.489. The number of aliphatic hydroxyl groups is 1. The molecule has 0 spiro atoms. The highest BCUT2D eigenvalue weighted by Crippen LogP contribution is 2.07. The zero-order chi connectivity index (χ0) is 13.9. The Morgan fingerprint density at radius 2 is 2.11 bits per heavy atom. The van der Waals surface area contributed by atoms with Crippen molar-refractivity contribution in [2.45, 2.75) is 12.7 Å². The highest BCUT2D eigenvalue weighted by molar-refractivity contribution is 5.16. The van der Waals surface area contributed by atoms with Gasteiger partial charge in [0.1, 0.15) is 5.82 Å². The van der Waals surface area contributed by atoms with E-state index in [0.717, 1.165) is 0 Å². The molecule has 108 valence electrons. The van der Waals surface area contributed by atoms with Gasteiger partial charge in [0.05, 0.1) is 32.5 Å². The summed E-state index contributed by atoms with van der Waals surface area (Å²) >= 11 is 0. The minimum atomic E-state index is -0.714. The van der Waals surface area contributed by atoms with E-state index in [1.54, 1.807) is 25.3 Å². The van der Waals surface area contributed by atoms with Crippen LogP contribution in [0.3, 0.4) is 0 Å². The predicted octanol–water partition coefficient (Wildman–Crippen LogP) is 0.871.